The van der Waals surface area contributed by atoms with Crippen LogP contribution in [-0.2, 0) is 11.2 Å². The monoisotopic (exact) mass is 417 g/mol. The van der Waals surface area contributed by atoms with Crippen LogP contribution >= 0.6 is 0 Å². The lowest BCUT2D eigenvalue weighted by molar-refractivity contribution is -0.118. The van der Waals surface area contributed by atoms with E-state index >= 15 is 0 Å². The Morgan fingerprint density at radius 1 is 1.00 bits per heavy atom. The third-order valence-electron chi connectivity index (χ3n) is 4.98. The van der Waals surface area contributed by atoms with Gasteiger partial charge in [0.1, 0.15) is 11.5 Å². The maximum absolute atomic E-state index is 12.6. The molecule has 162 valence electrons. The Kier molecular flexibility index (Phi) is 7.16. The number of Topliss-reactive ketones (excluding diaryl/α,β-unsaturated/α-hetero) is 1. The minimum atomic E-state index is 0.0608. The van der Waals surface area contributed by atoms with Crippen LogP contribution < -0.4 is 4.74 Å². The van der Waals surface area contributed by atoms with Crippen LogP contribution in [0.25, 0.3) is 11.3 Å². The van der Waals surface area contributed by atoms with Crippen LogP contribution in [-0.4, -0.2) is 27.3 Å². The average Bonchev–Trinajstić information content (AvgIpc) is 2.73. The zero-order valence-corrected chi connectivity index (χ0v) is 19.1. The first kappa shape index (κ1) is 22.6. The van der Waals surface area contributed by atoms with E-state index in [1.54, 1.807) is 18.6 Å². The van der Waals surface area contributed by atoms with Crippen LogP contribution in [0.2, 0.25) is 0 Å². The number of hydrogen-bond donors (Lipinski definition) is 0. The molecule has 2 heterocycles. The third kappa shape index (κ3) is 6.71. The Morgan fingerprint density at radius 2 is 1.71 bits per heavy atom. The van der Waals surface area contributed by atoms with Crippen LogP contribution in [0, 0.1) is 12.3 Å². The van der Waals surface area contributed by atoms with Crippen LogP contribution in [0.5, 0.6) is 5.75 Å². The number of nitrogens with zero attached hydrogens (tertiary/aromatic N) is 3. The number of hydrogen-bond acceptors (Lipinski definition) is 5. The van der Waals surface area contributed by atoms with Gasteiger partial charge in [0, 0.05) is 42.4 Å². The van der Waals surface area contributed by atoms with E-state index in [0.717, 1.165) is 34.0 Å². The molecule has 5 nitrogen and oxygen atoms in total. The number of aromatic nitrogens is 3. The fourth-order valence-electron chi connectivity index (χ4n) is 3.29. The van der Waals surface area contributed by atoms with Crippen molar-refractivity contribution in [1.82, 2.24) is 15.0 Å². The molecule has 31 heavy (non-hydrogen) atoms. The topological polar surface area (TPSA) is 65.0 Å². The van der Waals surface area contributed by atoms with Crippen LogP contribution in [0.1, 0.15) is 57.0 Å². The summed E-state index contributed by atoms with van der Waals surface area (Å²) in [5.74, 6) is 1.02. The number of pyridine rings is 1. The molecule has 0 radical (unpaired) electrons. The Morgan fingerprint density at radius 3 is 2.32 bits per heavy atom. The average molecular weight is 418 g/mol. The highest BCUT2D eigenvalue weighted by Gasteiger charge is 2.15. The predicted octanol–water partition coefficient (Wildman–Crippen LogP) is 5.58. The van der Waals surface area contributed by atoms with E-state index in [2.05, 4.69) is 35.7 Å². The Balaban J connectivity index is 1.55. The smallest absolute Gasteiger partial charge is 0.137 e. The number of rotatable bonds is 8. The molecule has 0 unspecified atom stereocenters. The van der Waals surface area contributed by atoms with E-state index < -0.39 is 0 Å². The lowest BCUT2D eigenvalue weighted by Gasteiger charge is -2.19. The van der Waals surface area contributed by atoms with E-state index in [9.17, 15) is 4.79 Å². The second-order valence-corrected chi connectivity index (χ2v) is 9.28. The summed E-state index contributed by atoms with van der Waals surface area (Å²) >= 11 is 0. The van der Waals surface area contributed by atoms with Crippen molar-refractivity contribution < 1.29 is 9.53 Å². The van der Waals surface area contributed by atoms with Gasteiger partial charge in [-0.15, -0.1) is 0 Å². The highest BCUT2D eigenvalue weighted by Crippen LogP contribution is 2.23. The summed E-state index contributed by atoms with van der Waals surface area (Å²) in [4.78, 5) is 25.8. The maximum atomic E-state index is 12.6. The van der Waals surface area contributed by atoms with E-state index in [1.807, 2.05) is 50.2 Å². The number of ketones is 1. The zero-order chi connectivity index (χ0) is 22.4. The van der Waals surface area contributed by atoms with E-state index in [1.165, 1.54) is 0 Å². The molecule has 0 aliphatic carbocycles. The molecule has 0 amide bonds. The van der Waals surface area contributed by atoms with Gasteiger partial charge in [-0.25, -0.2) is 0 Å². The van der Waals surface area contributed by atoms with Gasteiger partial charge >= 0.3 is 0 Å². The van der Waals surface area contributed by atoms with Gasteiger partial charge in [-0.3, -0.25) is 19.7 Å². The number of aryl methyl sites for hydroxylation is 1. The highest BCUT2D eigenvalue weighted by atomic mass is 16.5. The summed E-state index contributed by atoms with van der Waals surface area (Å²) in [6.45, 7) is 11.0. The van der Waals surface area contributed by atoms with Gasteiger partial charge in [0.05, 0.1) is 24.2 Å². The largest absolute Gasteiger partial charge is 0.491 e. The molecule has 5 heteroatoms. The van der Waals surface area contributed by atoms with E-state index in [0.29, 0.717) is 19.4 Å². The molecule has 0 spiro atoms. The second-order valence-electron chi connectivity index (χ2n) is 9.28. The van der Waals surface area contributed by atoms with E-state index in [4.69, 9.17) is 4.74 Å². The summed E-state index contributed by atoms with van der Waals surface area (Å²) in [5, 5.41) is 0. The van der Waals surface area contributed by atoms with Crippen molar-refractivity contribution in [1.29, 1.82) is 0 Å². The van der Waals surface area contributed by atoms with Gasteiger partial charge in [0.2, 0.25) is 0 Å². The fraction of sp³-hybridized carbons (Fsp3) is 0.385. The summed E-state index contributed by atoms with van der Waals surface area (Å²) < 4.78 is 5.78. The van der Waals surface area contributed by atoms with Crippen molar-refractivity contribution in [2.45, 2.75) is 53.4 Å². The molecule has 3 aromatic rings. The van der Waals surface area contributed by atoms with Gasteiger partial charge in [-0.05, 0) is 30.0 Å². The Bertz CT molecular complexity index is 1010. The van der Waals surface area contributed by atoms with E-state index in [-0.39, 0.29) is 17.1 Å². The van der Waals surface area contributed by atoms with Crippen molar-refractivity contribution in [3.05, 3.63) is 71.9 Å². The summed E-state index contributed by atoms with van der Waals surface area (Å²) in [6, 6.07) is 11.9. The molecule has 0 aliphatic rings. The lowest BCUT2D eigenvalue weighted by Crippen LogP contribution is -2.17. The molecular formula is C26H31N3O2. The zero-order valence-electron chi connectivity index (χ0n) is 19.1. The Hall–Kier alpha value is -3.08. The first-order valence-electron chi connectivity index (χ1n) is 10.7. The molecule has 3 rings (SSSR count). The minimum Gasteiger partial charge on any atom is -0.491 e. The standard InChI is InChI=1S/C26H31N3O2/c1-18(24-11-10-23(16-29-24)31-17-26(3,4)5)14-22(30)15-20-6-8-21(9-7-20)25-19(2)27-12-13-28-25/h6-13,16,18H,14-15,17H2,1-5H3/t18-/m0/s1. The second kappa shape index (κ2) is 9.82. The number of carbonyl (C=O) groups is 1. The number of benzene rings is 1. The van der Waals surface area contributed by atoms with Crippen molar-refractivity contribution in [3.63, 3.8) is 0 Å². The molecule has 1 atom stereocenters. The van der Waals surface area contributed by atoms with Crippen molar-refractivity contribution in [2.24, 2.45) is 5.41 Å². The fourth-order valence-corrected chi connectivity index (χ4v) is 3.29. The SMILES string of the molecule is Cc1nccnc1-c1ccc(CC(=O)C[C@H](C)c2ccc(OCC(C)(C)C)cn2)cc1. The molecule has 0 N–H and O–H groups in total. The molecule has 2 aromatic heterocycles. The number of ether oxygens (including phenoxy) is 1. The highest BCUT2D eigenvalue weighted by molar-refractivity contribution is 5.81. The Labute approximate surface area is 184 Å². The summed E-state index contributed by atoms with van der Waals surface area (Å²) in [6.07, 6.45) is 6.00. The van der Waals surface area contributed by atoms with Crippen molar-refractivity contribution in [3.8, 4) is 17.0 Å². The van der Waals surface area contributed by atoms with Crippen molar-refractivity contribution >= 4 is 5.78 Å². The van der Waals surface area contributed by atoms with Crippen LogP contribution in [0.3, 0.4) is 0 Å². The predicted molar refractivity (Wildman–Crippen MR) is 123 cm³/mol. The minimum absolute atomic E-state index is 0.0608. The molecule has 0 fully saturated rings. The molecular weight excluding hydrogens is 386 g/mol. The van der Waals surface area contributed by atoms with Gasteiger partial charge in [-0.2, -0.15) is 0 Å². The summed E-state index contributed by atoms with van der Waals surface area (Å²) in [7, 11) is 0. The van der Waals surface area contributed by atoms with Crippen molar-refractivity contribution in [2.75, 3.05) is 6.61 Å². The van der Waals surface area contributed by atoms with Gasteiger partial charge in [-0.1, -0.05) is 52.0 Å². The molecule has 0 saturated carbocycles. The summed E-state index contributed by atoms with van der Waals surface area (Å²) in [5.41, 5.74) is 4.78. The van der Waals surface area contributed by atoms with Gasteiger partial charge < -0.3 is 4.74 Å². The molecule has 0 bridgehead atoms. The quantitative estimate of drug-likeness (QED) is 0.479. The first-order valence-corrected chi connectivity index (χ1v) is 10.7. The van der Waals surface area contributed by atoms with Gasteiger partial charge in [0.25, 0.3) is 0 Å². The molecule has 0 aliphatic heterocycles. The molecule has 0 saturated heterocycles. The molecule has 1 aromatic carbocycles. The first-order chi connectivity index (χ1) is 14.7. The van der Waals surface area contributed by atoms with Crippen LogP contribution in [0.4, 0.5) is 0 Å². The third-order valence-corrected chi connectivity index (χ3v) is 4.98. The lowest BCUT2D eigenvalue weighted by atomic mass is 9.96. The van der Waals surface area contributed by atoms with Gasteiger partial charge in [0.15, 0.2) is 0 Å². The van der Waals surface area contributed by atoms with Crippen LogP contribution in [0.15, 0.2) is 55.0 Å². The maximum Gasteiger partial charge on any atom is 0.137 e. The number of carbonyl (C=O) groups excluding carboxylic acids is 1. The normalized spacial score (nSPS) is 12.4.